The van der Waals surface area contributed by atoms with Crippen LogP contribution in [0.15, 0.2) is 42.9 Å². The predicted octanol–water partition coefficient (Wildman–Crippen LogP) is 2.57. The number of carbonyl (C=O) groups excluding carboxylic acids is 1. The fraction of sp³-hybridized carbons (Fsp3) is 0.154. The van der Waals surface area contributed by atoms with Crippen molar-refractivity contribution in [3.05, 3.63) is 47.9 Å². The van der Waals surface area contributed by atoms with Crippen molar-refractivity contribution >= 4 is 29.0 Å². The molecule has 2 aromatic rings. The third-order valence-corrected chi connectivity index (χ3v) is 2.73. The Kier molecular flexibility index (Phi) is 4.30. The summed E-state index contributed by atoms with van der Waals surface area (Å²) in [4.78, 5) is 19.7. The number of hydrogen-bond acceptors (Lipinski definition) is 4. The number of rotatable bonds is 4. The van der Waals surface area contributed by atoms with Gasteiger partial charge in [0.25, 0.3) is 0 Å². The van der Waals surface area contributed by atoms with Gasteiger partial charge in [-0.25, -0.2) is 9.97 Å². The molecule has 1 aromatic carbocycles. The van der Waals surface area contributed by atoms with Gasteiger partial charge in [-0.05, 0) is 19.1 Å². The molecule has 0 saturated carbocycles. The van der Waals surface area contributed by atoms with Gasteiger partial charge in [-0.2, -0.15) is 0 Å². The summed E-state index contributed by atoms with van der Waals surface area (Å²) in [6.45, 7) is 1.73. The molecule has 1 heterocycles. The molecule has 2 N–H and O–H groups in total. The van der Waals surface area contributed by atoms with E-state index in [1.54, 1.807) is 6.92 Å². The number of nitrogens with zero attached hydrogens (tertiary/aromatic N) is 2. The molecule has 1 unspecified atom stereocenters. The van der Waals surface area contributed by atoms with Gasteiger partial charge in [0.1, 0.15) is 23.2 Å². The van der Waals surface area contributed by atoms with Gasteiger partial charge in [-0.1, -0.05) is 29.8 Å². The third kappa shape index (κ3) is 3.66. The smallest absolute Gasteiger partial charge is 0.246 e. The average Bonchev–Trinajstić information content (AvgIpc) is 2.42. The van der Waals surface area contributed by atoms with Gasteiger partial charge in [0.15, 0.2) is 0 Å². The molecule has 0 aliphatic carbocycles. The normalized spacial score (nSPS) is 11.7. The molecule has 1 amide bonds. The van der Waals surface area contributed by atoms with Crippen molar-refractivity contribution in [1.29, 1.82) is 0 Å². The number of aromatic nitrogens is 2. The molecular formula is C13H13ClN4O. The minimum Gasteiger partial charge on any atom is -0.357 e. The third-order valence-electron chi connectivity index (χ3n) is 2.46. The van der Waals surface area contributed by atoms with Crippen LogP contribution < -0.4 is 10.6 Å². The first-order valence-electron chi connectivity index (χ1n) is 5.75. The zero-order valence-electron chi connectivity index (χ0n) is 10.3. The van der Waals surface area contributed by atoms with Gasteiger partial charge in [0, 0.05) is 5.69 Å². The maximum absolute atomic E-state index is 12.0. The topological polar surface area (TPSA) is 66.9 Å². The van der Waals surface area contributed by atoms with Crippen LogP contribution in [0.25, 0.3) is 0 Å². The molecule has 1 atom stereocenters. The van der Waals surface area contributed by atoms with Gasteiger partial charge in [0.05, 0.1) is 6.20 Å². The molecule has 0 aliphatic heterocycles. The number of carbonyl (C=O) groups is 1. The molecule has 1 aromatic heterocycles. The Bertz CT molecular complexity index is 562. The van der Waals surface area contributed by atoms with Crippen molar-refractivity contribution < 1.29 is 4.79 Å². The van der Waals surface area contributed by atoms with Crippen LogP contribution in [0, 0.1) is 0 Å². The summed E-state index contributed by atoms with van der Waals surface area (Å²) in [5.74, 6) is 0.272. The van der Waals surface area contributed by atoms with Crippen LogP contribution in [-0.4, -0.2) is 21.9 Å². The van der Waals surface area contributed by atoms with Crippen molar-refractivity contribution in [3.63, 3.8) is 0 Å². The maximum atomic E-state index is 12.0. The lowest BCUT2D eigenvalue weighted by atomic mass is 10.2. The highest BCUT2D eigenvalue weighted by Gasteiger charge is 2.14. The van der Waals surface area contributed by atoms with E-state index in [1.807, 2.05) is 30.3 Å². The van der Waals surface area contributed by atoms with Gasteiger partial charge in [-0.3, -0.25) is 4.79 Å². The van der Waals surface area contributed by atoms with Gasteiger partial charge in [-0.15, -0.1) is 0 Å². The molecule has 0 radical (unpaired) electrons. The monoisotopic (exact) mass is 276 g/mol. The summed E-state index contributed by atoms with van der Waals surface area (Å²) < 4.78 is 0. The Morgan fingerprint density at radius 3 is 2.74 bits per heavy atom. The number of hydrogen-bond donors (Lipinski definition) is 2. The van der Waals surface area contributed by atoms with E-state index in [-0.39, 0.29) is 5.91 Å². The fourth-order valence-corrected chi connectivity index (χ4v) is 1.62. The van der Waals surface area contributed by atoms with Crippen molar-refractivity contribution in [2.75, 3.05) is 10.6 Å². The lowest BCUT2D eigenvalue weighted by molar-refractivity contribution is -0.116. The van der Waals surface area contributed by atoms with Gasteiger partial charge < -0.3 is 10.6 Å². The van der Waals surface area contributed by atoms with Gasteiger partial charge in [0.2, 0.25) is 5.91 Å². The molecular weight excluding hydrogens is 264 g/mol. The van der Waals surface area contributed by atoms with Crippen LogP contribution in [0.3, 0.4) is 0 Å². The highest BCUT2D eigenvalue weighted by molar-refractivity contribution is 6.32. The Morgan fingerprint density at radius 2 is 2.05 bits per heavy atom. The van der Waals surface area contributed by atoms with Crippen LogP contribution in [0.5, 0.6) is 0 Å². The first kappa shape index (κ1) is 13.3. The largest absolute Gasteiger partial charge is 0.357 e. The molecule has 0 fully saturated rings. The Labute approximate surface area is 116 Å². The number of benzene rings is 1. The first-order valence-corrected chi connectivity index (χ1v) is 6.12. The minimum absolute atomic E-state index is 0.166. The molecule has 2 rings (SSSR count). The van der Waals surface area contributed by atoms with E-state index in [0.29, 0.717) is 10.8 Å². The number of anilines is 2. The molecule has 5 nitrogen and oxygen atoms in total. The number of amides is 1. The van der Waals surface area contributed by atoms with Crippen LogP contribution >= 0.6 is 11.6 Å². The molecule has 19 heavy (non-hydrogen) atoms. The quantitative estimate of drug-likeness (QED) is 0.901. The predicted molar refractivity (Wildman–Crippen MR) is 75.2 cm³/mol. The lowest BCUT2D eigenvalue weighted by Gasteiger charge is -2.15. The van der Waals surface area contributed by atoms with Crippen molar-refractivity contribution in [3.8, 4) is 0 Å². The Morgan fingerprint density at radius 1 is 1.32 bits per heavy atom. The van der Waals surface area contributed by atoms with E-state index in [1.165, 1.54) is 12.5 Å². The lowest BCUT2D eigenvalue weighted by Crippen LogP contribution is -2.32. The minimum atomic E-state index is -0.465. The first-order chi connectivity index (χ1) is 9.16. The highest BCUT2D eigenvalue weighted by atomic mass is 35.5. The van der Waals surface area contributed by atoms with E-state index in [0.717, 1.165) is 5.69 Å². The Hall–Kier alpha value is -2.14. The van der Waals surface area contributed by atoms with E-state index >= 15 is 0 Å². The summed E-state index contributed by atoms with van der Waals surface area (Å²) in [6, 6.07) is 8.78. The summed E-state index contributed by atoms with van der Waals surface area (Å²) >= 11 is 5.91. The van der Waals surface area contributed by atoms with Crippen molar-refractivity contribution in [2.45, 2.75) is 13.0 Å². The average molecular weight is 277 g/mol. The van der Waals surface area contributed by atoms with Crippen LogP contribution in [0.4, 0.5) is 11.5 Å². The second kappa shape index (κ2) is 6.15. The zero-order valence-corrected chi connectivity index (χ0v) is 11.1. The number of halogens is 1. The van der Waals surface area contributed by atoms with Crippen molar-refractivity contribution in [2.24, 2.45) is 0 Å². The second-order valence-electron chi connectivity index (χ2n) is 3.94. The van der Waals surface area contributed by atoms with Gasteiger partial charge >= 0.3 is 0 Å². The SMILES string of the molecule is CC(Nc1ncncc1Cl)C(=O)Nc1ccccc1. The summed E-state index contributed by atoms with van der Waals surface area (Å²) in [6.07, 6.45) is 2.84. The number of nitrogens with one attached hydrogen (secondary N) is 2. The Balaban J connectivity index is 1.98. The molecule has 0 aliphatic rings. The zero-order chi connectivity index (χ0) is 13.7. The van der Waals surface area contributed by atoms with Crippen LogP contribution in [0.1, 0.15) is 6.92 Å². The van der Waals surface area contributed by atoms with Crippen LogP contribution in [-0.2, 0) is 4.79 Å². The molecule has 6 heteroatoms. The molecule has 0 spiro atoms. The fourth-order valence-electron chi connectivity index (χ4n) is 1.46. The molecule has 0 saturated heterocycles. The van der Waals surface area contributed by atoms with E-state index < -0.39 is 6.04 Å². The summed E-state index contributed by atoms with van der Waals surface area (Å²) in [5.41, 5.74) is 0.745. The molecule has 0 bridgehead atoms. The maximum Gasteiger partial charge on any atom is 0.246 e. The second-order valence-corrected chi connectivity index (χ2v) is 4.35. The summed E-state index contributed by atoms with van der Waals surface area (Å²) in [5, 5.41) is 6.11. The van der Waals surface area contributed by atoms with E-state index in [2.05, 4.69) is 20.6 Å². The van der Waals surface area contributed by atoms with Crippen LogP contribution in [0.2, 0.25) is 5.02 Å². The van der Waals surface area contributed by atoms with E-state index in [4.69, 9.17) is 11.6 Å². The van der Waals surface area contributed by atoms with E-state index in [9.17, 15) is 4.79 Å². The highest BCUT2D eigenvalue weighted by Crippen LogP contribution is 2.17. The summed E-state index contributed by atoms with van der Waals surface area (Å²) in [7, 11) is 0. The molecule has 98 valence electrons. The standard InChI is InChI=1S/C13H13ClN4O/c1-9(17-12-11(14)7-15-8-16-12)13(19)18-10-5-3-2-4-6-10/h2-9H,1H3,(H,18,19)(H,15,16,17). The number of para-hydroxylation sites is 1. The van der Waals surface area contributed by atoms with Crippen molar-refractivity contribution in [1.82, 2.24) is 9.97 Å².